The Labute approximate surface area is 195 Å². The molecule has 0 amide bonds. The van der Waals surface area contributed by atoms with Crippen LogP contribution in [0.2, 0.25) is 0 Å². The largest absolute Gasteiger partial charge is 0.482 e. The minimum atomic E-state index is -0.500. The van der Waals surface area contributed by atoms with Crippen LogP contribution in [0.3, 0.4) is 0 Å². The van der Waals surface area contributed by atoms with E-state index in [1.54, 1.807) is 16.9 Å². The highest BCUT2D eigenvalue weighted by molar-refractivity contribution is 5.74. The third kappa shape index (κ3) is 3.11. The van der Waals surface area contributed by atoms with Crippen LogP contribution in [0, 0.1) is 5.82 Å². The second-order valence-corrected chi connectivity index (χ2v) is 8.95. The Hall–Kier alpha value is -3.72. The summed E-state index contributed by atoms with van der Waals surface area (Å²) >= 11 is 0. The van der Waals surface area contributed by atoms with Gasteiger partial charge in [0.1, 0.15) is 11.9 Å². The van der Waals surface area contributed by atoms with Crippen molar-refractivity contribution in [3.63, 3.8) is 0 Å². The van der Waals surface area contributed by atoms with Crippen LogP contribution in [0.5, 0.6) is 5.75 Å². The Balaban J connectivity index is 1.69. The number of hydrogen-bond donors (Lipinski definition) is 2. The monoisotopic (exact) mass is 460 g/mol. The molecule has 3 N–H and O–H groups in total. The van der Waals surface area contributed by atoms with Gasteiger partial charge in [-0.3, -0.25) is 9.36 Å². The van der Waals surface area contributed by atoms with Crippen molar-refractivity contribution in [2.45, 2.75) is 38.3 Å². The van der Waals surface area contributed by atoms with Crippen LogP contribution in [0.25, 0.3) is 22.5 Å². The molecule has 2 aliphatic rings. The summed E-state index contributed by atoms with van der Waals surface area (Å²) in [7, 11) is 1.90. The number of aryl methyl sites for hydroxylation is 2. The molecule has 3 aromatic heterocycles. The van der Waals surface area contributed by atoms with E-state index in [2.05, 4.69) is 4.98 Å². The van der Waals surface area contributed by atoms with Crippen molar-refractivity contribution in [3.05, 3.63) is 64.9 Å². The lowest BCUT2D eigenvalue weighted by molar-refractivity contribution is 0.227. The zero-order valence-electron chi connectivity index (χ0n) is 19.0. The molecule has 0 fully saturated rings. The number of nitrogens with two attached hydrogens (primary N) is 1. The predicted molar refractivity (Wildman–Crippen MR) is 125 cm³/mol. The van der Waals surface area contributed by atoms with Crippen LogP contribution in [-0.2, 0) is 20.0 Å². The molecule has 34 heavy (non-hydrogen) atoms. The molecule has 1 aliphatic heterocycles. The maximum Gasteiger partial charge on any atom is 0.166 e. The van der Waals surface area contributed by atoms with Crippen molar-refractivity contribution in [3.8, 4) is 28.3 Å². The van der Waals surface area contributed by atoms with Crippen LogP contribution in [0.4, 0.5) is 10.2 Å². The van der Waals surface area contributed by atoms with E-state index >= 15 is 0 Å². The summed E-state index contributed by atoms with van der Waals surface area (Å²) in [6.07, 6.45) is 4.97. The van der Waals surface area contributed by atoms with Crippen LogP contribution < -0.4 is 10.5 Å². The quantitative estimate of drug-likeness (QED) is 0.474. The molecule has 4 heterocycles. The SMILES string of the molecule is C[C@H]1Oc2cc(cnc2N)-c2c3c(nn2CCO)CCC3c2cn(C)nc2-c2ccc(F)cc21. The summed E-state index contributed by atoms with van der Waals surface area (Å²) in [5, 5.41) is 19.3. The van der Waals surface area contributed by atoms with Crippen LogP contribution in [0.15, 0.2) is 36.7 Å². The van der Waals surface area contributed by atoms with Gasteiger partial charge in [0.05, 0.1) is 30.2 Å². The summed E-state index contributed by atoms with van der Waals surface area (Å²) in [5.74, 6) is 0.387. The highest BCUT2D eigenvalue weighted by atomic mass is 19.1. The van der Waals surface area contributed by atoms with Crippen molar-refractivity contribution in [2.24, 2.45) is 7.05 Å². The number of nitrogens with zero attached hydrogens (tertiary/aromatic N) is 5. The third-order valence-corrected chi connectivity index (χ3v) is 6.79. The summed E-state index contributed by atoms with van der Waals surface area (Å²) in [6, 6.07) is 6.59. The second kappa shape index (κ2) is 7.66. The highest BCUT2D eigenvalue weighted by Gasteiger charge is 2.36. The molecule has 2 bridgehead atoms. The summed E-state index contributed by atoms with van der Waals surface area (Å²) in [5.41, 5.74) is 13.4. The number of rotatable bonds is 2. The number of pyridine rings is 1. The predicted octanol–water partition coefficient (Wildman–Crippen LogP) is 3.59. The van der Waals surface area contributed by atoms with Crippen molar-refractivity contribution < 1.29 is 14.2 Å². The smallest absolute Gasteiger partial charge is 0.166 e. The molecule has 1 aromatic carbocycles. The molecule has 0 spiro atoms. The molecule has 8 nitrogen and oxygen atoms in total. The average molecular weight is 461 g/mol. The Morgan fingerprint density at radius 1 is 1.24 bits per heavy atom. The Morgan fingerprint density at radius 3 is 2.91 bits per heavy atom. The van der Waals surface area contributed by atoms with Gasteiger partial charge in [0.2, 0.25) is 0 Å². The van der Waals surface area contributed by atoms with Gasteiger partial charge in [-0.25, -0.2) is 9.37 Å². The fraction of sp³-hybridized carbons (Fsp3) is 0.320. The number of anilines is 1. The molecular weight excluding hydrogens is 435 g/mol. The number of nitrogen functional groups attached to an aromatic ring is 1. The molecule has 174 valence electrons. The van der Waals surface area contributed by atoms with Crippen molar-refractivity contribution in [1.82, 2.24) is 24.5 Å². The summed E-state index contributed by atoms with van der Waals surface area (Å²) < 4.78 is 24.3. The molecule has 0 saturated carbocycles. The Bertz CT molecular complexity index is 1430. The molecule has 1 aliphatic carbocycles. The van der Waals surface area contributed by atoms with Gasteiger partial charge < -0.3 is 15.6 Å². The lowest BCUT2D eigenvalue weighted by atomic mass is 9.88. The van der Waals surface area contributed by atoms with Crippen LogP contribution >= 0.6 is 0 Å². The maximum absolute atomic E-state index is 14.4. The van der Waals surface area contributed by atoms with Gasteiger partial charge in [0.25, 0.3) is 0 Å². The molecule has 4 aromatic rings. The van der Waals surface area contributed by atoms with Crippen LogP contribution in [-0.4, -0.2) is 36.3 Å². The topological polar surface area (TPSA) is 104 Å². The standard InChI is InChI=1S/C25H25FN6O2/c1-13-18-10-15(26)3-4-17(18)23-19(12-31(2)30-23)16-5-6-20-22(16)24(32(29-20)7-8-33)14-9-21(34-13)25(27)28-11-14/h3-4,9-13,16,33H,5-8H2,1-2H3,(H2,27,28)/t13-,16?/m1/s1. The van der Waals surface area contributed by atoms with Gasteiger partial charge in [0, 0.05) is 53.2 Å². The third-order valence-electron chi connectivity index (χ3n) is 6.79. The average Bonchev–Trinajstić information content (AvgIpc) is 3.48. The highest BCUT2D eigenvalue weighted by Crippen LogP contribution is 2.48. The zero-order chi connectivity index (χ0) is 23.6. The summed E-state index contributed by atoms with van der Waals surface area (Å²) in [4.78, 5) is 4.40. The van der Waals surface area contributed by atoms with Crippen molar-refractivity contribution in [2.75, 3.05) is 12.3 Å². The number of fused-ring (bicyclic) bond motifs is 7. The number of aliphatic hydroxyl groups excluding tert-OH is 1. The second-order valence-electron chi connectivity index (χ2n) is 8.95. The van der Waals surface area contributed by atoms with E-state index in [0.29, 0.717) is 17.9 Å². The Morgan fingerprint density at radius 2 is 2.09 bits per heavy atom. The fourth-order valence-corrected chi connectivity index (χ4v) is 5.36. The normalized spacial score (nSPS) is 18.4. The van der Waals surface area contributed by atoms with Gasteiger partial charge in [-0.2, -0.15) is 10.2 Å². The molecule has 0 saturated heterocycles. The number of hydrogen-bond acceptors (Lipinski definition) is 6. The van der Waals surface area contributed by atoms with Gasteiger partial charge in [-0.1, -0.05) is 0 Å². The first-order valence-corrected chi connectivity index (χ1v) is 11.4. The lowest BCUT2D eigenvalue weighted by Crippen LogP contribution is -2.12. The van der Waals surface area contributed by atoms with Crippen molar-refractivity contribution >= 4 is 5.82 Å². The fourth-order valence-electron chi connectivity index (χ4n) is 5.36. The number of benzene rings is 1. The van der Waals surface area contributed by atoms with E-state index in [1.807, 2.05) is 30.9 Å². The number of aromatic nitrogens is 5. The van der Waals surface area contributed by atoms with Gasteiger partial charge in [-0.15, -0.1) is 0 Å². The molecule has 9 heteroatoms. The van der Waals surface area contributed by atoms with E-state index in [-0.39, 0.29) is 24.2 Å². The minimum Gasteiger partial charge on any atom is -0.482 e. The molecular formula is C25H25FN6O2. The Kier molecular flexibility index (Phi) is 4.70. The maximum atomic E-state index is 14.4. The van der Waals surface area contributed by atoms with Crippen LogP contribution in [0.1, 0.15) is 47.8 Å². The van der Waals surface area contributed by atoms with E-state index in [1.165, 1.54) is 12.1 Å². The minimum absolute atomic E-state index is 0.0297. The zero-order valence-corrected chi connectivity index (χ0v) is 19.0. The van der Waals surface area contributed by atoms with Crippen molar-refractivity contribution in [1.29, 1.82) is 0 Å². The number of aliphatic hydroxyl groups is 1. The molecule has 0 radical (unpaired) electrons. The first kappa shape index (κ1) is 20.9. The van der Waals surface area contributed by atoms with Gasteiger partial charge in [-0.05, 0) is 44.0 Å². The summed E-state index contributed by atoms with van der Waals surface area (Å²) in [6.45, 7) is 2.21. The van der Waals surface area contributed by atoms with Gasteiger partial charge >= 0.3 is 0 Å². The van der Waals surface area contributed by atoms with E-state index < -0.39 is 6.10 Å². The van der Waals surface area contributed by atoms with Gasteiger partial charge in [0.15, 0.2) is 11.6 Å². The molecule has 2 atom stereocenters. The first-order chi connectivity index (χ1) is 16.4. The number of ether oxygens (including phenoxy) is 1. The molecule has 1 unspecified atom stereocenters. The van der Waals surface area contributed by atoms with E-state index in [9.17, 15) is 9.50 Å². The van der Waals surface area contributed by atoms with E-state index in [4.69, 9.17) is 20.7 Å². The lowest BCUT2D eigenvalue weighted by Gasteiger charge is -2.22. The first-order valence-electron chi connectivity index (χ1n) is 11.4. The molecule has 6 rings (SSSR count). The number of halogens is 1. The van der Waals surface area contributed by atoms with E-state index in [0.717, 1.165) is 52.2 Å².